The maximum absolute atomic E-state index is 13.0. The van der Waals surface area contributed by atoms with E-state index >= 15 is 0 Å². The van der Waals surface area contributed by atoms with Crippen molar-refractivity contribution in [1.82, 2.24) is 4.90 Å². The number of ether oxygens (including phenoxy) is 3. The summed E-state index contributed by atoms with van der Waals surface area (Å²) in [7, 11) is 5.01. The fourth-order valence-corrected chi connectivity index (χ4v) is 3.69. The van der Waals surface area contributed by atoms with Gasteiger partial charge in [-0.15, -0.1) is 0 Å². The smallest absolute Gasteiger partial charge is 0.338 e. The summed E-state index contributed by atoms with van der Waals surface area (Å²) < 4.78 is 15.6. The summed E-state index contributed by atoms with van der Waals surface area (Å²) in [5.41, 5.74) is 1.86. The van der Waals surface area contributed by atoms with Gasteiger partial charge in [0.05, 0.1) is 44.5 Å². The maximum atomic E-state index is 13.0. The number of nitrogens with zero attached hydrogens (tertiary/aromatic N) is 2. The SMILES string of the molecule is CCOC(=O)c1ccc(N2C(=O)C[C@@H](N(C)CCc3ccc(OC)c(OC)c3)C2=O)cc1. The summed E-state index contributed by atoms with van der Waals surface area (Å²) in [5.74, 6) is 0.337. The highest BCUT2D eigenvalue weighted by molar-refractivity contribution is 6.22. The lowest BCUT2D eigenvalue weighted by atomic mass is 10.1. The molecule has 0 saturated carbocycles. The van der Waals surface area contributed by atoms with Gasteiger partial charge in [0.1, 0.15) is 0 Å². The second-order valence-electron chi connectivity index (χ2n) is 7.47. The lowest BCUT2D eigenvalue weighted by Crippen LogP contribution is -2.40. The molecule has 3 rings (SSSR count). The van der Waals surface area contributed by atoms with Gasteiger partial charge in [0.2, 0.25) is 5.91 Å². The highest BCUT2D eigenvalue weighted by atomic mass is 16.5. The fraction of sp³-hybridized carbons (Fsp3) is 0.375. The predicted octanol–water partition coefficient (Wildman–Crippen LogP) is 2.69. The van der Waals surface area contributed by atoms with Crippen molar-refractivity contribution < 1.29 is 28.6 Å². The van der Waals surface area contributed by atoms with Gasteiger partial charge in [-0.3, -0.25) is 14.5 Å². The lowest BCUT2D eigenvalue weighted by molar-refractivity contribution is -0.122. The van der Waals surface area contributed by atoms with Crippen LogP contribution in [-0.2, 0) is 20.7 Å². The molecule has 0 aromatic heterocycles. The van der Waals surface area contributed by atoms with Crippen LogP contribution in [0.5, 0.6) is 11.5 Å². The van der Waals surface area contributed by atoms with Crippen molar-refractivity contribution in [3.05, 3.63) is 53.6 Å². The average molecular weight is 440 g/mol. The van der Waals surface area contributed by atoms with E-state index in [9.17, 15) is 14.4 Å². The fourth-order valence-electron chi connectivity index (χ4n) is 3.69. The van der Waals surface area contributed by atoms with Crippen LogP contribution in [-0.4, -0.2) is 63.1 Å². The zero-order valence-corrected chi connectivity index (χ0v) is 18.8. The molecule has 8 heteroatoms. The molecule has 32 heavy (non-hydrogen) atoms. The standard InChI is InChI=1S/C24H28N2O6/c1-5-32-24(29)17-7-9-18(10-8-17)26-22(27)15-19(23(26)28)25(2)13-12-16-6-11-20(30-3)21(14-16)31-4/h6-11,14,19H,5,12-13,15H2,1-4H3/t19-/m1/s1. The van der Waals surface area contributed by atoms with Crippen molar-refractivity contribution in [1.29, 1.82) is 0 Å². The zero-order chi connectivity index (χ0) is 23.3. The van der Waals surface area contributed by atoms with Crippen LogP contribution in [0.1, 0.15) is 29.3 Å². The van der Waals surface area contributed by atoms with Crippen molar-refractivity contribution in [3.8, 4) is 11.5 Å². The number of hydrogen-bond donors (Lipinski definition) is 0. The number of benzene rings is 2. The molecule has 1 aliphatic heterocycles. The number of carbonyl (C=O) groups excluding carboxylic acids is 3. The van der Waals surface area contributed by atoms with Gasteiger partial charge in [0.25, 0.3) is 5.91 Å². The minimum atomic E-state index is -0.535. The molecule has 8 nitrogen and oxygen atoms in total. The summed E-state index contributed by atoms with van der Waals surface area (Å²) in [6.45, 7) is 2.60. The molecule has 2 aromatic carbocycles. The maximum Gasteiger partial charge on any atom is 0.338 e. The van der Waals surface area contributed by atoms with Crippen LogP contribution in [0.25, 0.3) is 0 Å². The predicted molar refractivity (Wildman–Crippen MR) is 119 cm³/mol. The molecule has 0 spiro atoms. The van der Waals surface area contributed by atoms with E-state index in [0.29, 0.717) is 35.7 Å². The molecule has 0 bridgehead atoms. The van der Waals surface area contributed by atoms with Gasteiger partial charge >= 0.3 is 5.97 Å². The summed E-state index contributed by atoms with van der Waals surface area (Å²) in [6.07, 6.45) is 0.796. The lowest BCUT2D eigenvalue weighted by Gasteiger charge is -2.23. The number of anilines is 1. The van der Waals surface area contributed by atoms with Crippen LogP contribution in [0.3, 0.4) is 0 Å². The van der Waals surface area contributed by atoms with Crippen molar-refractivity contribution >= 4 is 23.5 Å². The monoisotopic (exact) mass is 440 g/mol. The number of carbonyl (C=O) groups is 3. The number of likely N-dealkylation sites (N-methyl/N-ethyl adjacent to an activating group) is 1. The van der Waals surface area contributed by atoms with E-state index in [4.69, 9.17) is 14.2 Å². The molecule has 1 atom stereocenters. The number of rotatable bonds is 9. The first-order valence-corrected chi connectivity index (χ1v) is 10.4. The van der Waals surface area contributed by atoms with E-state index in [-0.39, 0.29) is 24.8 Å². The van der Waals surface area contributed by atoms with E-state index in [1.165, 1.54) is 4.90 Å². The minimum absolute atomic E-state index is 0.112. The summed E-state index contributed by atoms with van der Waals surface area (Å²) in [5, 5.41) is 0. The van der Waals surface area contributed by atoms with Crippen LogP contribution in [0.2, 0.25) is 0 Å². The van der Waals surface area contributed by atoms with Gasteiger partial charge in [0, 0.05) is 6.54 Å². The molecule has 170 valence electrons. The van der Waals surface area contributed by atoms with Crippen molar-refractivity contribution in [2.24, 2.45) is 0 Å². The highest BCUT2D eigenvalue weighted by Crippen LogP contribution is 2.29. The topological polar surface area (TPSA) is 85.4 Å². The first-order chi connectivity index (χ1) is 15.4. The molecule has 0 aliphatic carbocycles. The molecule has 1 aliphatic rings. The van der Waals surface area contributed by atoms with E-state index in [2.05, 4.69) is 0 Å². The Morgan fingerprint density at radius 2 is 1.75 bits per heavy atom. The molecule has 1 fully saturated rings. The van der Waals surface area contributed by atoms with Gasteiger partial charge in [-0.2, -0.15) is 0 Å². The highest BCUT2D eigenvalue weighted by Gasteiger charge is 2.41. The summed E-state index contributed by atoms with van der Waals surface area (Å²) >= 11 is 0. The normalized spacial score (nSPS) is 15.9. The second-order valence-corrected chi connectivity index (χ2v) is 7.47. The first kappa shape index (κ1) is 23.3. The van der Waals surface area contributed by atoms with E-state index in [1.807, 2.05) is 30.1 Å². The Morgan fingerprint density at radius 3 is 2.38 bits per heavy atom. The van der Waals surface area contributed by atoms with E-state index in [1.54, 1.807) is 45.4 Å². The van der Waals surface area contributed by atoms with Crippen molar-refractivity contribution in [2.75, 3.05) is 39.3 Å². The van der Waals surface area contributed by atoms with Gasteiger partial charge in [-0.05, 0) is 62.4 Å². The molecular weight excluding hydrogens is 412 g/mol. The van der Waals surface area contributed by atoms with Crippen LogP contribution >= 0.6 is 0 Å². The molecule has 2 amide bonds. The molecule has 2 aromatic rings. The number of imide groups is 1. The Balaban J connectivity index is 1.65. The van der Waals surface area contributed by atoms with Gasteiger partial charge in [-0.25, -0.2) is 9.69 Å². The number of hydrogen-bond acceptors (Lipinski definition) is 7. The van der Waals surface area contributed by atoms with Crippen LogP contribution in [0.4, 0.5) is 5.69 Å². The summed E-state index contributed by atoms with van der Waals surface area (Å²) in [6, 6.07) is 11.5. The van der Waals surface area contributed by atoms with Crippen LogP contribution in [0, 0.1) is 0 Å². The van der Waals surface area contributed by atoms with Crippen LogP contribution < -0.4 is 14.4 Å². The molecule has 0 unspecified atom stereocenters. The molecule has 0 N–H and O–H groups in total. The molecular formula is C24H28N2O6. The van der Waals surface area contributed by atoms with Gasteiger partial charge in [-0.1, -0.05) is 6.07 Å². The Hall–Kier alpha value is -3.39. The number of methoxy groups -OCH3 is 2. The average Bonchev–Trinajstić information content (AvgIpc) is 3.11. The van der Waals surface area contributed by atoms with Gasteiger partial charge in [0.15, 0.2) is 11.5 Å². The Bertz CT molecular complexity index is 988. The molecule has 1 heterocycles. The third-order valence-electron chi connectivity index (χ3n) is 5.49. The van der Waals surface area contributed by atoms with Crippen LogP contribution in [0.15, 0.2) is 42.5 Å². The van der Waals surface area contributed by atoms with E-state index in [0.717, 1.165) is 5.56 Å². The number of amides is 2. The molecule has 0 radical (unpaired) electrons. The number of esters is 1. The Labute approximate surface area is 187 Å². The summed E-state index contributed by atoms with van der Waals surface area (Å²) in [4.78, 5) is 40.5. The quantitative estimate of drug-likeness (QED) is 0.438. The van der Waals surface area contributed by atoms with E-state index < -0.39 is 12.0 Å². The third-order valence-corrected chi connectivity index (χ3v) is 5.49. The molecule has 1 saturated heterocycles. The Kier molecular flexibility index (Phi) is 7.48. The van der Waals surface area contributed by atoms with Gasteiger partial charge < -0.3 is 14.2 Å². The minimum Gasteiger partial charge on any atom is -0.493 e. The second kappa shape index (κ2) is 10.3. The third kappa shape index (κ3) is 4.91. The largest absolute Gasteiger partial charge is 0.493 e. The zero-order valence-electron chi connectivity index (χ0n) is 18.8. The first-order valence-electron chi connectivity index (χ1n) is 10.4. The Morgan fingerprint density at radius 1 is 1.06 bits per heavy atom. The van der Waals surface area contributed by atoms with Crippen molar-refractivity contribution in [3.63, 3.8) is 0 Å². The van der Waals surface area contributed by atoms with Crippen molar-refractivity contribution in [2.45, 2.75) is 25.8 Å².